The van der Waals surface area contributed by atoms with Gasteiger partial charge in [0.2, 0.25) is 0 Å². The lowest BCUT2D eigenvalue weighted by Gasteiger charge is -2.17. The van der Waals surface area contributed by atoms with Gasteiger partial charge in [0.1, 0.15) is 22.3 Å². The molecule has 0 radical (unpaired) electrons. The lowest BCUT2D eigenvalue weighted by molar-refractivity contribution is 0.618. The first-order valence-corrected chi connectivity index (χ1v) is 19.7. The van der Waals surface area contributed by atoms with Crippen molar-refractivity contribution in [3.63, 3.8) is 0 Å². The quantitative estimate of drug-likeness (QED) is 0.177. The van der Waals surface area contributed by atoms with E-state index in [1.165, 1.54) is 21.5 Å². The Kier molecular flexibility index (Phi) is 7.60. The maximum atomic E-state index is 6.82. The number of hydrogen-bond donors (Lipinski definition) is 0. The van der Waals surface area contributed by atoms with Crippen LogP contribution in [0.3, 0.4) is 0 Å². The summed E-state index contributed by atoms with van der Waals surface area (Å²) in [5.41, 5.74) is 3.31. The Morgan fingerprint density at radius 2 is 0.596 bits per heavy atom. The lowest BCUT2D eigenvalue weighted by Crippen LogP contribution is -2.27. The summed E-state index contributed by atoms with van der Waals surface area (Å²) in [5, 5.41) is 13.5. The van der Waals surface area contributed by atoms with E-state index in [0.717, 1.165) is 65.4 Å². The SMILES string of the molecule is CN(CCN(C)p1oc2ccc3ccccc3c2c2c(ccc3ccccc32)o1)p1oc2ccc3ccccc3c2c2c(ccc3ccccc32)o1. The van der Waals surface area contributed by atoms with Crippen LogP contribution in [0.4, 0.5) is 0 Å². The molecular weight excluding hydrogens is 682 g/mol. The zero-order valence-electron chi connectivity index (χ0n) is 28.7. The minimum absolute atomic E-state index is 0.661. The van der Waals surface area contributed by atoms with Crippen LogP contribution in [0.2, 0.25) is 0 Å². The van der Waals surface area contributed by atoms with Gasteiger partial charge in [-0.15, -0.1) is 0 Å². The van der Waals surface area contributed by atoms with Crippen LogP contribution in [0.5, 0.6) is 0 Å². The van der Waals surface area contributed by atoms with Crippen molar-refractivity contribution in [2.24, 2.45) is 0 Å². The molecule has 6 nitrogen and oxygen atoms in total. The van der Waals surface area contributed by atoms with E-state index in [4.69, 9.17) is 16.8 Å². The van der Waals surface area contributed by atoms with Crippen LogP contribution in [0.25, 0.3) is 87.0 Å². The van der Waals surface area contributed by atoms with Gasteiger partial charge in [-0.25, -0.2) is 9.34 Å². The molecule has 2 aromatic heterocycles. The monoisotopic (exact) mass is 716 g/mol. The molecule has 8 heteroatoms. The van der Waals surface area contributed by atoms with Gasteiger partial charge in [0, 0.05) is 48.7 Å². The van der Waals surface area contributed by atoms with E-state index in [9.17, 15) is 0 Å². The fraction of sp³-hybridized carbons (Fsp3) is 0.0909. The Hall–Kier alpha value is -5.48. The molecular formula is C44H34N2O4P2. The third-order valence-electron chi connectivity index (χ3n) is 10.1. The molecule has 10 aromatic rings. The zero-order chi connectivity index (χ0) is 34.8. The fourth-order valence-corrected chi connectivity index (χ4v) is 9.87. The molecule has 0 aliphatic carbocycles. The summed E-state index contributed by atoms with van der Waals surface area (Å²) in [6.07, 6.45) is 0. The summed E-state index contributed by atoms with van der Waals surface area (Å²) in [6.45, 7) is 1.32. The van der Waals surface area contributed by atoms with E-state index in [1.54, 1.807) is 0 Å². The minimum Gasteiger partial charge on any atom is -0.408 e. The molecule has 0 fully saturated rings. The van der Waals surface area contributed by atoms with Gasteiger partial charge in [-0.2, -0.15) is 0 Å². The second-order valence-electron chi connectivity index (χ2n) is 13.2. The standard InChI is InChI=1S/C44H34N2O4P2/c1-45(51-47-37-23-19-29-11-3-7-15-33(29)41(37)42-34-16-8-4-12-30(34)20-24-38(42)48-51)27-28-46(2)52-49-39-25-21-31-13-5-9-17-35(31)43(39)44-36-18-10-6-14-32(36)22-26-40(44)50-52/h3-26H,27-28H2,1-2H3. The van der Waals surface area contributed by atoms with Gasteiger partial charge in [0.25, 0.3) is 0 Å². The summed E-state index contributed by atoms with van der Waals surface area (Å²) in [6, 6.07) is 50.9. The molecule has 0 amide bonds. The normalized spacial score (nSPS) is 12.2. The van der Waals surface area contributed by atoms with Gasteiger partial charge in [0.15, 0.2) is 0 Å². The van der Waals surface area contributed by atoms with Crippen molar-refractivity contribution in [3.05, 3.63) is 146 Å². The summed E-state index contributed by atoms with van der Waals surface area (Å²) in [7, 11) is 1.16. The molecule has 0 saturated heterocycles. The molecule has 8 aromatic carbocycles. The van der Waals surface area contributed by atoms with Crippen molar-refractivity contribution in [1.29, 1.82) is 0 Å². The Balaban J connectivity index is 1.09. The molecule has 0 unspecified atom stereocenters. The second-order valence-corrected chi connectivity index (χ2v) is 16.3. The molecule has 10 rings (SSSR count). The smallest absolute Gasteiger partial charge is 0.309 e. The van der Waals surface area contributed by atoms with Gasteiger partial charge in [-0.1, -0.05) is 121 Å². The van der Waals surface area contributed by atoms with E-state index in [0.29, 0.717) is 13.1 Å². The average molecular weight is 717 g/mol. The first-order valence-electron chi connectivity index (χ1n) is 17.4. The van der Waals surface area contributed by atoms with Gasteiger partial charge in [0.05, 0.1) is 0 Å². The van der Waals surface area contributed by atoms with Crippen LogP contribution < -0.4 is 9.34 Å². The Morgan fingerprint density at radius 3 is 0.865 bits per heavy atom. The summed E-state index contributed by atoms with van der Waals surface area (Å²) in [5.74, 6) is 0. The number of nitrogens with zero attached hydrogens (tertiary/aromatic N) is 2. The van der Waals surface area contributed by atoms with Crippen LogP contribution in [-0.2, 0) is 0 Å². The first-order chi connectivity index (χ1) is 25.6. The third kappa shape index (κ3) is 5.19. The fourth-order valence-electron chi connectivity index (χ4n) is 7.45. The Bertz CT molecular complexity index is 2690. The molecule has 0 aliphatic rings. The van der Waals surface area contributed by atoms with Crippen molar-refractivity contribution in [1.82, 2.24) is 0 Å². The van der Waals surface area contributed by atoms with Gasteiger partial charge >= 0.3 is 16.3 Å². The van der Waals surface area contributed by atoms with Crippen molar-refractivity contribution in [3.8, 4) is 0 Å². The van der Waals surface area contributed by atoms with E-state index in [-0.39, 0.29) is 0 Å². The third-order valence-corrected chi connectivity index (χ3v) is 13.0. The highest BCUT2D eigenvalue weighted by Crippen LogP contribution is 2.43. The van der Waals surface area contributed by atoms with E-state index < -0.39 is 16.3 Å². The lowest BCUT2D eigenvalue weighted by atomic mass is 9.99. The molecule has 254 valence electrons. The van der Waals surface area contributed by atoms with Gasteiger partial charge in [-0.05, 0) is 67.4 Å². The Morgan fingerprint density at radius 1 is 0.346 bits per heavy atom. The molecule has 0 saturated carbocycles. The first kappa shape index (κ1) is 31.3. The van der Waals surface area contributed by atoms with Crippen LogP contribution in [0, 0.1) is 0 Å². The highest BCUT2D eigenvalue weighted by molar-refractivity contribution is 7.39. The van der Waals surface area contributed by atoms with Crippen LogP contribution in [-0.4, -0.2) is 27.2 Å². The van der Waals surface area contributed by atoms with Crippen molar-refractivity contribution < 1.29 is 16.8 Å². The maximum absolute atomic E-state index is 6.82. The highest BCUT2D eigenvalue weighted by Gasteiger charge is 2.19. The maximum Gasteiger partial charge on any atom is 0.309 e. The summed E-state index contributed by atoms with van der Waals surface area (Å²) < 4.78 is 31.6. The second kappa shape index (κ2) is 12.6. The summed E-state index contributed by atoms with van der Waals surface area (Å²) >= 11 is 0. The number of rotatable bonds is 5. The van der Waals surface area contributed by atoms with Crippen LogP contribution >= 0.6 is 16.3 Å². The zero-order valence-corrected chi connectivity index (χ0v) is 30.5. The summed E-state index contributed by atoms with van der Waals surface area (Å²) in [4.78, 5) is 0. The average Bonchev–Trinajstić information content (AvgIpc) is 3.49. The molecule has 0 spiro atoms. The van der Waals surface area contributed by atoms with E-state index >= 15 is 0 Å². The van der Waals surface area contributed by atoms with Crippen LogP contribution in [0.1, 0.15) is 0 Å². The largest absolute Gasteiger partial charge is 0.408 e. The van der Waals surface area contributed by atoms with E-state index in [2.05, 4.69) is 169 Å². The molecule has 0 atom stereocenters. The number of likely N-dealkylation sites (N-methyl/N-ethyl adjacent to an activating group) is 2. The number of fused-ring (bicyclic) bond motifs is 14. The predicted octanol–water partition coefficient (Wildman–Crippen LogP) is 13.3. The van der Waals surface area contributed by atoms with Crippen molar-refractivity contribution in [2.75, 3.05) is 36.5 Å². The molecule has 2 heterocycles. The minimum atomic E-state index is -1.49. The highest BCUT2D eigenvalue weighted by atomic mass is 31.1. The topological polar surface area (TPSA) is 59.0 Å². The molecule has 0 aliphatic heterocycles. The molecule has 52 heavy (non-hydrogen) atoms. The molecule has 0 bridgehead atoms. The molecule has 0 N–H and O–H groups in total. The van der Waals surface area contributed by atoms with Gasteiger partial charge in [-0.3, -0.25) is 0 Å². The predicted molar refractivity (Wildman–Crippen MR) is 221 cm³/mol. The van der Waals surface area contributed by atoms with Gasteiger partial charge < -0.3 is 16.8 Å². The van der Waals surface area contributed by atoms with E-state index in [1.807, 2.05) is 0 Å². The van der Waals surface area contributed by atoms with Crippen molar-refractivity contribution >= 4 is 103 Å². The number of hydrogen-bond acceptors (Lipinski definition) is 6. The number of benzene rings is 8. The van der Waals surface area contributed by atoms with Crippen LogP contribution in [0.15, 0.2) is 162 Å². The van der Waals surface area contributed by atoms with Crippen molar-refractivity contribution in [2.45, 2.75) is 0 Å². The Labute approximate surface area is 301 Å².